The summed E-state index contributed by atoms with van der Waals surface area (Å²) < 4.78 is 6.52. The molecule has 0 saturated carbocycles. The standard InChI is InChI=1S/C22H29BrN2O2/c1-6-25(7-2)18-11-9-17(10-12-18)24-21(26)15-27-20-13-8-16(14-19(20)23)22(3,4)5/h8-14H,6-7,15H2,1-5H3,(H,24,26). The molecule has 0 aliphatic carbocycles. The average Bonchev–Trinajstić information content (AvgIpc) is 2.62. The molecular formula is C22H29BrN2O2. The van der Waals surface area contributed by atoms with Crippen molar-refractivity contribution in [2.75, 3.05) is 29.9 Å². The monoisotopic (exact) mass is 432 g/mol. The van der Waals surface area contributed by atoms with Crippen LogP contribution in [0.3, 0.4) is 0 Å². The summed E-state index contributed by atoms with van der Waals surface area (Å²) in [7, 11) is 0. The zero-order chi connectivity index (χ0) is 20.0. The molecule has 0 atom stereocenters. The Morgan fingerprint density at radius 3 is 2.22 bits per heavy atom. The molecule has 2 rings (SSSR count). The Balaban J connectivity index is 1.93. The fourth-order valence-corrected chi connectivity index (χ4v) is 3.26. The molecule has 1 N–H and O–H groups in total. The van der Waals surface area contributed by atoms with Gasteiger partial charge >= 0.3 is 0 Å². The van der Waals surface area contributed by atoms with Crippen LogP contribution < -0.4 is 15.0 Å². The van der Waals surface area contributed by atoms with Crippen LogP contribution in [0.5, 0.6) is 5.75 Å². The van der Waals surface area contributed by atoms with Crippen molar-refractivity contribution in [3.8, 4) is 5.75 Å². The highest BCUT2D eigenvalue weighted by Gasteiger charge is 2.15. The number of benzene rings is 2. The van der Waals surface area contributed by atoms with Crippen molar-refractivity contribution in [3.05, 3.63) is 52.5 Å². The van der Waals surface area contributed by atoms with Gasteiger partial charge in [-0.3, -0.25) is 4.79 Å². The van der Waals surface area contributed by atoms with Crippen molar-refractivity contribution in [2.45, 2.75) is 40.0 Å². The highest BCUT2D eigenvalue weighted by molar-refractivity contribution is 9.10. The van der Waals surface area contributed by atoms with E-state index in [-0.39, 0.29) is 17.9 Å². The molecule has 4 nitrogen and oxygen atoms in total. The molecule has 0 fully saturated rings. The number of amides is 1. The van der Waals surface area contributed by atoms with Gasteiger partial charge in [0.15, 0.2) is 6.61 Å². The predicted molar refractivity (Wildman–Crippen MR) is 117 cm³/mol. The van der Waals surface area contributed by atoms with Crippen LogP contribution in [0.2, 0.25) is 0 Å². The van der Waals surface area contributed by atoms with Crippen LogP contribution in [0, 0.1) is 0 Å². The number of hydrogen-bond acceptors (Lipinski definition) is 3. The van der Waals surface area contributed by atoms with E-state index in [1.807, 2.05) is 42.5 Å². The quantitative estimate of drug-likeness (QED) is 0.617. The zero-order valence-corrected chi connectivity index (χ0v) is 18.4. The Bertz CT molecular complexity index is 763. The molecule has 0 radical (unpaired) electrons. The first-order valence-electron chi connectivity index (χ1n) is 9.32. The number of hydrogen-bond donors (Lipinski definition) is 1. The van der Waals surface area contributed by atoms with Gasteiger partial charge < -0.3 is 15.0 Å². The van der Waals surface area contributed by atoms with Gasteiger partial charge in [0, 0.05) is 24.5 Å². The molecule has 0 bridgehead atoms. The Morgan fingerprint density at radius 2 is 1.70 bits per heavy atom. The van der Waals surface area contributed by atoms with E-state index in [0.29, 0.717) is 5.75 Å². The van der Waals surface area contributed by atoms with Crippen LogP contribution in [0.4, 0.5) is 11.4 Å². The molecule has 0 heterocycles. The number of nitrogens with one attached hydrogen (secondary N) is 1. The molecule has 0 spiro atoms. The van der Waals surface area contributed by atoms with E-state index in [2.05, 4.69) is 60.8 Å². The second-order valence-electron chi connectivity index (χ2n) is 7.45. The summed E-state index contributed by atoms with van der Waals surface area (Å²) in [4.78, 5) is 14.5. The van der Waals surface area contributed by atoms with Gasteiger partial charge in [-0.25, -0.2) is 0 Å². The lowest BCUT2D eigenvalue weighted by Crippen LogP contribution is -2.22. The zero-order valence-electron chi connectivity index (χ0n) is 16.8. The summed E-state index contributed by atoms with van der Waals surface area (Å²) in [5.74, 6) is 0.479. The van der Waals surface area contributed by atoms with Crippen LogP contribution in [0.25, 0.3) is 0 Å². The number of ether oxygens (including phenoxy) is 1. The minimum Gasteiger partial charge on any atom is -0.483 e. The normalized spacial score (nSPS) is 11.2. The summed E-state index contributed by atoms with van der Waals surface area (Å²) >= 11 is 3.53. The van der Waals surface area contributed by atoms with Gasteiger partial charge in [0.2, 0.25) is 0 Å². The molecule has 0 aliphatic heterocycles. The second-order valence-corrected chi connectivity index (χ2v) is 8.31. The Hall–Kier alpha value is -2.01. The van der Waals surface area contributed by atoms with E-state index in [9.17, 15) is 4.79 Å². The number of carbonyl (C=O) groups excluding carboxylic acids is 1. The third-order valence-electron chi connectivity index (χ3n) is 4.44. The highest BCUT2D eigenvalue weighted by Crippen LogP contribution is 2.31. The Morgan fingerprint density at radius 1 is 1.07 bits per heavy atom. The van der Waals surface area contributed by atoms with Gasteiger partial charge in [-0.15, -0.1) is 0 Å². The van der Waals surface area contributed by atoms with Crippen molar-refractivity contribution in [1.82, 2.24) is 0 Å². The van der Waals surface area contributed by atoms with E-state index in [1.54, 1.807) is 0 Å². The first-order chi connectivity index (χ1) is 12.7. The highest BCUT2D eigenvalue weighted by atomic mass is 79.9. The van der Waals surface area contributed by atoms with Crippen LogP contribution in [-0.2, 0) is 10.2 Å². The number of halogens is 1. The maximum atomic E-state index is 12.2. The second kappa shape index (κ2) is 9.27. The van der Waals surface area contributed by atoms with Crippen molar-refractivity contribution in [3.63, 3.8) is 0 Å². The molecule has 0 unspecified atom stereocenters. The number of carbonyl (C=O) groups is 1. The minimum atomic E-state index is -0.183. The summed E-state index contributed by atoms with van der Waals surface area (Å²) in [5.41, 5.74) is 3.19. The molecule has 5 heteroatoms. The topological polar surface area (TPSA) is 41.6 Å². The van der Waals surface area contributed by atoms with Crippen LogP contribution in [-0.4, -0.2) is 25.6 Å². The van der Waals surface area contributed by atoms with Gasteiger partial charge in [0.1, 0.15) is 5.75 Å². The van der Waals surface area contributed by atoms with Gasteiger partial charge in [-0.1, -0.05) is 26.8 Å². The molecular weight excluding hydrogens is 404 g/mol. The number of nitrogens with zero attached hydrogens (tertiary/aromatic N) is 1. The van der Waals surface area contributed by atoms with E-state index in [4.69, 9.17) is 4.74 Å². The molecule has 1 amide bonds. The molecule has 0 saturated heterocycles. The Kier molecular flexibility index (Phi) is 7.31. The third-order valence-corrected chi connectivity index (χ3v) is 5.06. The number of rotatable bonds is 7. The lowest BCUT2D eigenvalue weighted by Gasteiger charge is -2.21. The fraction of sp³-hybridized carbons (Fsp3) is 0.409. The first kappa shape index (κ1) is 21.3. The van der Waals surface area contributed by atoms with Gasteiger partial charge in [0.25, 0.3) is 5.91 Å². The molecule has 0 aliphatic rings. The van der Waals surface area contributed by atoms with Crippen molar-refractivity contribution in [2.24, 2.45) is 0 Å². The maximum Gasteiger partial charge on any atom is 0.262 e. The first-order valence-corrected chi connectivity index (χ1v) is 10.1. The van der Waals surface area contributed by atoms with Crippen LogP contribution >= 0.6 is 15.9 Å². The van der Waals surface area contributed by atoms with Crippen LogP contribution in [0.1, 0.15) is 40.2 Å². The molecule has 2 aromatic rings. The Labute approximate surface area is 171 Å². The van der Waals surface area contributed by atoms with Gasteiger partial charge in [-0.05, 0) is 77.2 Å². The van der Waals surface area contributed by atoms with Gasteiger partial charge in [-0.2, -0.15) is 0 Å². The average molecular weight is 433 g/mol. The molecule has 27 heavy (non-hydrogen) atoms. The lowest BCUT2D eigenvalue weighted by molar-refractivity contribution is -0.118. The van der Waals surface area contributed by atoms with E-state index < -0.39 is 0 Å². The smallest absolute Gasteiger partial charge is 0.262 e. The molecule has 2 aromatic carbocycles. The molecule has 146 valence electrons. The van der Waals surface area contributed by atoms with Crippen molar-refractivity contribution in [1.29, 1.82) is 0 Å². The largest absolute Gasteiger partial charge is 0.483 e. The van der Waals surface area contributed by atoms with E-state index in [1.165, 1.54) is 5.56 Å². The SMILES string of the molecule is CCN(CC)c1ccc(NC(=O)COc2ccc(C(C)(C)C)cc2Br)cc1. The predicted octanol–water partition coefficient (Wildman–Crippen LogP) is 5.61. The van der Waals surface area contributed by atoms with E-state index in [0.717, 1.165) is 28.9 Å². The van der Waals surface area contributed by atoms with Crippen LogP contribution in [0.15, 0.2) is 46.9 Å². The minimum absolute atomic E-state index is 0.0364. The van der Waals surface area contributed by atoms with E-state index >= 15 is 0 Å². The summed E-state index contributed by atoms with van der Waals surface area (Å²) in [6.07, 6.45) is 0. The van der Waals surface area contributed by atoms with Crippen molar-refractivity contribution >= 4 is 33.2 Å². The summed E-state index contributed by atoms with van der Waals surface area (Å²) in [6.45, 7) is 12.6. The lowest BCUT2D eigenvalue weighted by atomic mass is 9.87. The molecule has 0 aromatic heterocycles. The maximum absolute atomic E-state index is 12.2. The summed E-state index contributed by atoms with van der Waals surface area (Å²) in [6, 6.07) is 13.8. The van der Waals surface area contributed by atoms with Crippen molar-refractivity contribution < 1.29 is 9.53 Å². The third kappa shape index (κ3) is 5.99. The fourth-order valence-electron chi connectivity index (χ4n) is 2.77. The van der Waals surface area contributed by atoms with Gasteiger partial charge in [0.05, 0.1) is 4.47 Å². The number of anilines is 2. The summed E-state index contributed by atoms with van der Waals surface area (Å²) in [5, 5.41) is 2.87.